The van der Waals surface area contributed by atoms with E-state index in [1.165, 1.54) is 0 Å². The molecule has 0 radical (unpaired) electrons. The van der Waals surface area contributed by atoms with Crippen LogP contribution in [0.5, 0.6) is 5.75 Å². The van der Waals surface area contributed by atoms with Crippen molar-refractivity contribution >= 4 is 15.9 Å². The summed E-state index contributed by atoms with van der Waals surface area (Å²) in [5.74, 6) is 0.851. The summed E-state index contributed by atoms with van der Waals surface area (Å²) in [6, 6.07) is 7.91. The lowest BCUT2D eigenvalue weighted by Gasteiger charge is -2.22. The van der Waals surface area contributed by atoms with Crippen LogP contribution in [0.3, 0.4) is 0 Å². The van der Waals surface area contributed by atoms with Crippen molar-refractivity contribution in [3.63, 3.8) is 0 Å². The summed E-state index contributed by atoms with van der Waals surface area (Å²) in [7, 11) is 1.67. The number of rotatable bonds is 7. The third-order valence-electron chi connectivity index (χ3n) is 2.56. The molecule has 0 saturated carbocycles. The Kier molecular flexibility index (Phi) is 6.83. The van der Waals surface area contributed by atoms with Crippen LogP contribution in [0.2, 0.25) is 0 Å². The molecule has 4 heteroatoms. The van der Waals surface area contributed by atoms with E-state index in [0.29, 0.717) is 13.2 Å². The molecule has 0 aliphatic heterocycles. The molecule has 0 aliphatic rings. The van der Waals surface area contributed by atoms with Crippen molar-refractivity contribution in [1.82, 2.24) is 0 Å². The van der Waals surface area contributed by atoms with Gasteiger partial charge in [-0.25, -0.2) is 0 Å². The monoisotopic (exact) mass is 330 g/mol. The fourth-order valence-corrected chi connectivity index (χ4v) is 2.22. The Hall–Kier alpha value is -0.580. The minimum Gasteiger partial charge on any atom is -0.496 e. The molecular weight excluding hydrogens is 308 g/mol. The van der Waals surface area contributed by atoms with Gasteiger partial charge in [0.15, 0.2) is 0 Å². The Labute approximate surface area is 124 Å². The fourth-order valence-electron chi connectivity index (χ4n) is 1.69. The summed E-state index contributed by atoms with van der Waals surface area (Å²) in [5, 5.41) is 0.725. The van der Waals surface area contributed by atoms with E-state index in [4.69, 9.17) is 14.2 Å². The van der Waals surface area contributed by atoms with Gasteiger partial charge in [-0.3, -0.25) is 0 Å². The highest BCUT2D eigenvalue weighted by atomic mass is 79.9. The molecule has 108 valence electrons. The molecule has 3 nitrogen and oxygen atoms in total. The molecule has 0 heterocycles. The van der Waals surface area contributed by atoms with E-state index in [1.54, 1.807) is 7.11 Å². The van der Waals surface area contributed by atoms with Crippen LogP contribution in [0, 0.1) is 0 Å². The topological polar surface area (TPSA) is 27.7 Å². The van der Waals surface area contributed by atoms with Crippen molar-refractivity contribution in [2.45, 2.75) is 32.5 Å². The number of alkyl halides is 1. The first-order valence-corrected chi connectivity index (χ1v) is 7.54. The maximum atomic E-state index is 5.86. The van der Waals surface area contributed by atoms with Gasteiger partial charge < -0.3 is 14.2 Å². The summed E-state index contributed by atoms with van der Waals surface area (Å²) in [4.78, 5) is 0. The van der Waals surface area contributed by atoms with Crippen molar-refractivity contribution in [1.29, 1.82) is 0 Å². The van der Waals surface area contributed by atoms with Crippen LogP contribution in [0.15, 0.2) is 24.3 Å². The first kappa shape index (κ1) is 16.5. The number of para-hydroxylation sites is 1. The number of hydrogen-bond donors (Lipinski definition) is 0. The largest absolute Gasteiger partial charge is 0.496 e. The van der Waals surface area contributed by atoms with Crippen LogP contribution in [-0.2, 0) is 9.47 Å². The van der Waals surface area contributed by atoms with Crippen molar-refractivity contribution in [3.05, 3.63) is 29.8 Å². The van der Waals surface area contributed by atoms with Crippen LogP contribution in [0.1, 0.15) is 32.4 Å². The smallest absolute Gasteiger partial charge is 0.124 e. The van der Waals surface area contributed by atoms with Gasteiger partial charge in [0.2, 0.25) is 0 Å². The van der Waals surface area contributed by atoms with Crippen molar-refractivity contribution < 1.29 is 14.2 Å². The Morgan fingerprint density at radius 1 is 1.16 bits per heavy atom. The van der Waals surface area contributed by atoms with E-state index in [9.17, 15) is 0 Å². The average Bonchev–Trinajstić information content (AvgIpc) is 2.38. The van der Waals surface area contributed by atoms with Gasteiger partial charge in [-0.05, 0) is 26.8 Å². The minimum absolute atomic E-state index is 0.0280. The SMILES string of the molecule is COc1ccccc1C(CBr)OCCOC(C)(C)C. The quantitative estimate of drug-likeness (QED) is 0.559. The van der Waals surface area contributed by atoms with E-state index >= 15 is 0 Å². The minimum atomic E-state index is -0.127. The zero-order valence-corrected chi connectivity index (χ0v) is 13.7. The normalized spacial score (nSPS) is 13.3. The molecule has 1 aromatic carbocycles. The molecule has 1 rings (SSSR count). The van der Waals surface area contributed by atoms with E-state index in [2.05, 4.69) is 15.9 Å². The lowest BCUT2D eigenvalue weighted by atomic mass is 10.1. The zero-order valence-electron chi connectivity index (χ0n) is 12.1. The molecule has 0 saturated heterocycles. The molecular formula is C15H23BrO3. The summed E-state index contributed by atoms with van der Waals surface area (Å²) in [6.45, 7) is 7.26. The third kappa shape index (κ3) is 5.93. The highest BCUT2D eigenvalue weighted by molar-refractivity contribution is 9.09. The van der Waals surface area contributed by atoms with Crippen molar-refractivity contribution in [2.75, 3.05) is 25.7 Å². The van der Waals surface area contributed by atoms with E-state index in [1.807, 2.05) is 45.0 Å². The summed E-state index contributed by atoms with van der Waals surface area (Å²) in [5.41, 5.74) is 0.926. The standard InChI is InChI=1S/C15H23BrO3/c1-15(2,3)19-10-9-18-14(11-16)12-7-5-6-8-13(12)17-4/h5-8,14H,9-11H2,1-4H3. The number of halogens is 1. The van der Waals surface area contributed by atoms with Gasteiger partial charge >= 0.3 is 0 Å². The average molecular weight is 331 g/mol. The molecule has 1 atom stereocenters. The number of hydrogen-bond acceptors (Lipinski definition) is 3. The summed E-state index contributed by atoms with van der Waals surface area (Å²) >= 11 is 3.49. The molecule has 0 spiro atoms. The fraction of sp³-hybridized carbons (Fsp3) is 0.600. The second-order valence-electron chi connectivity index (χ2n) is 5.22. The molecule has 1 unspecified atom stereocenters. The lowest BCUT2D eigenvalue weighted by Crippen LogP contribution is -2.22. The van der Waals surface area contributed by atoms with E-state index < -0.39 is 0 Å². The van der Waals surface area contributed by atoms with Crippen molar-refractivity contribution in [3.8, 4) is 5.75 Å². The van der Waals surface area contributed by atoms with Gasteiger partial charge in [-0.15, -0.1) is 0 Å². The van der Waals surface area contributed by atoms with Crippen LogP contribution in [-0.4, -0.2) is 31.3 Å². The molecule has 0 N–H and O–H groups in total. The first-order valence-electron chi connectivity index (χ1n) is 6.42. The molecule has 0 aliphatic carbocycles. The predicted molar refractivity (Wildman–Crippen MR) is 81.2 cm³/mol. The van der Waals surface area contributed by atoms with Crippen LogP contribution in [0.25, 0.3) is 0 Å². The van der Waals surface area contributed by atoms with Gasteiger partial charge in [-0.1, -0.05) is 34.1 Å². The highest BCUT2D eigenvalue weighted by Crippen LogP contribution is 2.28. The van der Waals surface area contributed by atoms with Gasteiger partial charge in [0, 0.05) is 10.9 Å². The second kappa shape index (κ2) is 7.88. The summed E-state index contributed by atoms with van der Waals surface area (Å²) < 4.78 is 16.9. The molecule has 19 heavy (non-hydrogen) atoms. The Morgan fingerprint density at radius 3 is 2.42 bits per heavy atom. The highest BCUT2D eigenvalue weighted by Gasteiger charge is 2.16. The van der Waals surface area contributed by atoms with Gasteiger partial charge in [0.1, 0.15) is 5.75 Å². The predicted octanol–water partition coefficient (Wildman–Crippen LogP) is 3.96. The number of ether oxygens (including phenoxy) is 3. The molecule has 0 aromatic heterocycles. The Bertz CT molecular complexity index is 374. The van der Waals surface area contributed by atoms with E-state index in [0.717, 1.165) is 16.6 Å². The molecule has 0 amide bonds. The molecule has 1 aromatic rings. The van der Waals surface area contributed by atoms with Crippen molar-refractivity contribution in [2.24, 2.45) is 0 Å². The first-order chi connectivity index (χ1) is 8.98. The maximum Gasteiger partial charge on any atom is 0.124 e. The Balaban J connectivity index is 2.54. The van der Waals surface area contributed by atoms with Gasteiger partial charge in [0.25, 0.3) is 0 Å². The van der Waals surface area contributed by atoms with Crippen LogP contribution >= 0.6 is 15.9 Å². The van der Waals surface area contributed by atoms with E-state index in [-0.39, 0.29) is 11.7 Å². The number of benzene rings is 1. The maximum absolute atomic E-state index is 5.86. The second-order valence-corrected chi connectivity index (χ2v) is 5.86. The van der Waals surface area contributed by atoms with Gasteiger partial charge in [0.05, 0.1) is 32.0 Å². The molecule has 0 bridgehead atoms. The number of methoxy groups -OCH3 is 1. The van der Waals surface area contributed by atoms with Crippen LogP contribution in [0.4, 0.5) is 0 Å². The zero-order chi connectivity index (χ0) is 14.3. The summed E-state index contributed by atoms with van der Waals surface area (Å²) in [6.07, 6.45) is -0.0280. The van der Waals surface area contributed by atoms with Gasteiger partial charge in [-0.2, -0.15) is 0 Å². The Morgan fingerprint density at radius 2 is 1.84 bits per heavy atom. The molecule has 0 fully saturated rings. The van der Waals surface area contributed by atoms with Crippen LogP contribution < -0.4 is 4.74 Å². The third-order valence-corrected chi connectivity index (χ3v) is 3.15. The lowest BCUT2D eigenvalue weighted by molar-refractivity contribution is -0.0483.